The summed E-state index contributed by atoms with van der Waals surface area (Å²) in [6.07, 6.45) is 3.59. The number of aryl methyl sites for hydroxylation is 1. The SMILES string of the molecule is CN(C)c1cccc(Nc2nccc3c2ncn3C)c1. The molecule has 2 heterocycles. The fourth-order valence-corrected chi connectivity index (χ4v) is 2.15. The Morgan fingerprint density at radius 1 is 1.15 bits per heavy atom. The summed E-state index contributed by atoms with van der Waals surface area (Å²) >= 11 is 0. The van der Waals surface area contributed by atoms with E-state index in [0.29, 0.717) is 0 Å². The fourth-order valence-electron chi connectivity index (χ4n) is 2.15. The summed E-state index contributed by atoms with van der Waals surface area (Å²) < 4.78 is 1.98. The van der Waals surface area contributed by atoms with Gasteiger partial charge >= 0.3 is 0 Å². The van der Waals surface area contributed by atoms with E-state index in [1.807, 2.05) is 43.9 Å². The predicted octanol–water partition coefficient (Wildman–Crippen LogP) is 2.78. The van der Waals surface area contributed by atoms with Gasteiger partial charge in [-0.15, -0.1) is 0 Å². The first-order chi connectivity index (χ1) is 9.65. The lowest BCUT2D eigenvalue weighted by atomic mass is 10.2. The molecule has 0 atom stereocenters. The zero-order chi connectivity index (χ0) is 14.1. The minimum absolute atomic E-state index is 0.777. The second kappa shape index (κ2) is 4.85. The van der Waals surface area contributed by atoms with Crippen LogP contribution in [0.1, 0.15) is 0 Å². The lowest BCUT2D eigenvalue weighted by Crippen LogP contribution is -2.08. The van der Waals surface area contributed by atoms with Crippen molar-refractivity contribution in [3.8, 4) is 0 Å². The van der Waals surface area contributed by atoms with Gasteiger partial charge in [-0.2, -0.15) is 0 Å². The summed E-state index contributed by atoms with van der Waals surface area (Å²) in [6.45, 7) is 0. The first-order valence-corrected chi connectivity index (χ1v) is 6.45. The molecule has 1 aromatic carbocycles. The average molecular weight is 267 g/mol. The minimum Gasteiger partial charge on any atom is -0.378 e. The summed E-state index contributed by atoms with van der Waals surface area (Å²) in [4.78, 5) is 10.9. The van der Waals surface area contributed by atoms with Gasteiger partial charge < -0.3 is 14.8 Å². The number of nitrogens with one attached hydrogen (secondary N) is 1. The van der Waals surface area contributed by atoms with E-state index in [1.165, 1.54) is 0 Å². The third-order valence-electron chi connectivity index (χ3n) is 3.27. The van der Waals surface area contributed by atoms with E-state index in [9.17, 15) is 0 Å². The number of pyridine rings is 1. The molecule has 0 bridgehead atoms. The van der Waals surface area contributed by atoms with Crippen molar-refractivity contribution in [2.75, 3.05) is 24.3 Å². The molecule has 0 radical (unpaired) electrons. The molecule has 20 heavy (non-hydrogen) atoms. The molecule has 1 N–H and O–H groups in total. The second-order valence-corrected chi connectivity index (χ2v) is 4.95. The van der Waals surface area contributed by atoms with Crippen LogP contribution in [0.15, 0.2) is 42.9 Å². The van der Waals surface area contributed by atoms with Crippen molar-refractivity contribution in [1.82, 2.24) is 14.5 Å². The van der Waals surface area contributed by atoms with E-state index >= 15 is 0 Å². The Bertz CT molecular complexity index is 745. The minimum atomic E-state index is 0.777. The summed E-state index contributed by atoms with van der Waals surface area (Å²) in [5, 5.41) is 3.34. The highest BCUT2D eigenvalue weighted by Gasteiger charge is 2.07. The Kier molecular flexibility index (Phi) is 3.02. The smallest absolute Gasteiger partial charge is 0.158 e. The number of nitrogens with zero attached hydrogens (tertiary/aromatic N) is 4. The number of anilines is 3. The number of rotatable bonds is 3. The highest BCUT2D eigenvalue weighted by molar-refractivity contribution is 5.87. The molecule has 0 fully saturated rings. The Balaban J connectivity index is 1.99. The van der Waals surface area contributed by atoms with E-state index in [4.69, 9.17) is 0 Å². The topological polar surface area (TPSA) is 46.0 Å². The number of hydrogen-bond donors (Lipinski definition) is 1. The molecule has 0 saturated heterocycles. The number of imidazole rings is 1. The van der Waals surface area contributed by atoms with Crippen molar-refractivity contribution in [3.05, 3.63) is 42.9 Å². The van der Waals surface area contributed by atoms with Crippen LogP contribution in [0.3, 0.4) is 0 Å². The van der Waals surface area contributed by atoms with Crippen LogP contribution < -0.4 is 10.2 Å². The van der Waals surface area contributed by atoms with Crippen LogP contribution >= 0.6 is 0 Å². The zero-order valence-electron chi connectivity index (χ0n) is 11.8. The standard InChI is InChI=1S/C15H17N5/c1-19(2)12-6-4-5-11(9-12)18-15-14-13(7-8-16-15)20(3)10-17-14/h4-10H,1-3H3,(H,16,18). The van der Waals surface area contributed by atoms with Crippen molar-refractivity contribution >= 4 is 28.2 Å². The van der Waals surface area contributed by atoms with Gasteiger partial charge in [-0.1, -0.05) is 6.07 Å². The molecular weight excluding hydrogens is 250 g/mol. The highest BCUT2D eigenvalue weighted by atomic mass is 15.1. The van der Waals surface area contributed by atoms with Gasteiger partial charge in [0.25, 0.3) is 0 Å². The van der Waals surface area contributed by atoms with E-state index in [-0.39, 0.29) is 0 Å². The number of hydrogen-bond acceptors (Lipinski definition) is 4. The molecule has 5 heteroatoms. The molecule has 3 rings (SSSR count). The molecule has 0 amide bonds. The van der Waals surface area contributed by atoms with E-state index in [0.717, 1.165) is 28.2 Å². The third kappa shape index (κ3) is 2.18. The number of fused-ring (bicyclic) bond motifs is 1. The lowest BCUT2D eigenvalue weighted by Gasteiger charge is -2.14. The Morgan fingerprint density at radius 3 is 2.80 bits per heavy atom. The molecule has 0 unspecified atom stereocenters. The lowest BCUT2D eigenvalue weighted by molar-refractivity contribution is 0.947. The summed E-state index contributed by atoms with van der Waals surface area (Å²) in [5.74, 6) is 0.777. The first kappa shape index (κ1) is 12.5. The van der Waals surface area contributed by atoms with Crippen molar-refractivity contribution in [3.63, 3.8) is 0 Å². The van der Waals surface area contributed by atoms with Gasteiger partial charge in [-0.3, -0.25) is 0 Å². The van der Waals surface area contributed by atoms with Gasteiger partial charge in [0.1, 0.15) is 5.52 Å². The molecular formula is C15H17N5. The zero-order valence-corrected chi connectivity index (χ0v) is 11.8. The van der Waals surface area contributed by atoms with Crippen molar-refractivity contribution in [2.45, 2.75) is 0 Å². The van der Waals surface area contributed by atoms with E-state index in [1.54, 1.807) is 12.5 Å². The maximum absolute atomic E-state index is 4.40. The number of aromatic nitrogens is 3. The van der Waals surface area contributed by atoms with Crippen LogP contribution in [0.4, 0.5) is 17.2 Å². The molecule has 3 aromatic rings. The van der Waals surface area contributed by atoms with Gasteiger partial charge in [0.2, 0.25) is 0 Å². The molecule has 0 saturated carbocycles. The molecule has 0 aliphatic heterocycles. The molecule has 0 spiro atoms. The van der Waals surface area contributed by atoms with Crippen LogP contribution in [0, 0.1) is 0 Å². The van der Waals surface area contributed by atoms with E-state index < -0.39 is 0 Å². The summed E-state index contributed by atoms with van der Waals surface area (Å²) in [6, 6.07) is 10.2. The van der Waals surface area contributed by atoms with Gasteiger partial charge in [0, 0.05) is 38.7 Å². The van der Waals surface area contributed by atoms with Gasteiger partial charge in [0.05, 0.1) is 11.8 Å². The maximum atomic E-state index is 4.40. The van der Waals surface area contributed by atoms with Crippen LogP contribution in [0.25, 0.3) is 11.0 Å². The van der Waals surface area contributed by atoms with E-state index in [2.05, 4.69) is 32.3 Å². The van der Waals surface area contributed by atoms with Crippen molar-refractivity contribution < 1.29 is 0 Å². The highest BCUT2D eigenvalue weighted by Crippen LogP contribution is 2.24. The van der Waals surface area contributed by atoms with Gasteiger partial charge in [0.15, 0.2) is 5.82 Å². The van der Waals surface area contributed by atoms with Crippen molar-refractivity contribution in [1.29, 1.82) is 0 Å². The number of benzene rings is 1. The molecule has 0 aliphatic carbocycles. The van der Waals surface area contributed by atoms with Crippen molar-refractivity contribution in [2.24, 2.45) is 7.05 Å². The Morgan fingerprint density at radius 2 is 2.00 bits per heavy atom. The molecule has 102 valence electrons. The van der Waals surface area contributed by atoms with Gasteiger partial charge in [-0.25, -0.2) is 9.97 Å². The first-order valence-electron chi connectivity index (χ1n) is 6.45. The summed E-state index contributed by atoms with van der Waals surface area (Å²) in [7, 11) is 6.03. The maximum Gasteiger partial charge on any atom is 0.158 e. The average Bonchev–Trinajstić information content (AvgIpc) is 2.82. The largest absolute Gasteiger partial charge is 0.378 e. The quantitative estimate of drug-likeness (QED) is 0.792. The van der Waals surface area contributed by atoms with Crippen LogP contribution in [0.5, 0.6) is 0 Å². The fraction of sp³-hybridized carbons (Fsp3) is 0.200. The second-order valence-electron chi connectivity index (χ2n) is 4.95. The Hall–Kier alpha value is -2.56. The van der Waals surface area contributed by atoms with Crippen LogP contribution in [-0.4, -0.2) is 28.6 Å². The molecule has 0 aliphatic rings. The predicted molar refractivity (Wildman–Crippen MR) is 82.6 cm³/mol. The summed E-state index contributed by atoms with van der Waals surface area (Å²) in [5.41, 5.74) is 4.08. The Labute approximate surface area is 117 Å². The monoisotopic (exact) mass is 267 g/mol. The molecule has 5 nitrogen and oxygen atoms in total. The normalized spacial score (nSPS) is 10.8. The van der Waals surface area contributed by atoms with Crippen LogP contribution in [0.2, 0.25) is 0 Å². The van der Waals surface area contributed by atoms with Crippen LogP contribution in [-0.2, 0) is 7.05 Å². The van der Waals surface area contributed by atoms with Gasteiger partial charge in [-0.05, 0) is 24.3 Å². The third-order valence-corrected chi connectivity index (χ3v) is 3.27. The molecule has 2 aromatic heterocycles.